The van der Waals surface area contributed by atoms with Crippen LogP contribution in [0.3, 0.4) is 0 Å². The lowest BCUT2D eigenvalue weighted by molar-refractivity contribution is -0.141. The fraction of sp³-hybridized carbons (Fsp3) is 0.318. The first kappa shape index (κ1) is 23.3. The summed E-state index contributed by atoms with van der Waals surface area (Å²) >= 11 is 1.04. The summed E-state index contributed by atoms with van der Waals surface area (Å²) < 4.78 is 48.5. The minimum atomic E-state index is -3.89. The number of aromatic nitrogens is 1. The highest BCUT2D eigenvalue weighted by atomic mass is 32.2. The number of halogens is 1. The van der Waals surface area contributed by atoms with Crippen molar-refractivity contribution >= 4 is 43.5 Å². The Bertz CT molecular complexity index is 1390. The highest BCUT2D eigenvalue weighted by molar-refractivity contribution is 7.89. The van der Waals surface area contributed by atoms with Gasteiger partial charge in [0, 0.05) is 6.54 Å². The van der Waals surface area contributed by atoms with Gasteiger partial charge in [-0.3, -0.25) is 9.59 Å². The quantitative estimate of drug-likeness (QED) is 0.511. The Morgan fingerprint density at radius 1 is 1.21 bits per heavy atom. The van der Waals surface area contributed by atoms with Crippen molar-refractivity contribution in [2.75, 3.05) is 13.7 Å². The van der Waals surface area contributed by atoms with Crippen molar-refractivity contribution in [2.45, 2.75) is 37.2 Å². The fourth-order valence-electron chi connectivity index (χ4n) is 3.80. The van der Waals surface area contributed by atoms with E-state index in [0.717, 1.165) is 16.9 Å². The highest BCUT2D eigenvalue weighted by Crippen LogP contribution is 2.27. The van der Waals surface area contributed by atoms with Gasteiger partial charge in [0.05, 0.1) is 22.2 Å². The maximum absolute atomic E-state index is 14.5. The number of rotatable bonds is 5. The lowest BCUT2D eigenvalue weighted by Gasteiger charge is -2.21. The Labute approximate surface area is 194 Å². The van der Waals surface area contributed by atoms with Crippen molar-refractivity contribution in [3.05, 3.63) is 58.6 Å². The topological polar surface area (TPSA) is 98.0 Å². The van der Waals surface area contributed by atoms with Crippen LogP contribution in [0.15, 0.2) is 52.4 Å². The molecule has 1 unspecified atom stereocenters. The van der Waals surface area contributed by atoms with E-state index >= 15 is 0 Å². The second-order valence-corrected chi connectivity index (χ2v) is 10.6. The van der Waals surface area contributed by atoms with E-state index in [9.17, 15) is 22.4 Å². The number of carbonyl (C=O) groups is 2. The summed E-state index contributed by atoms with van der Waals surface area (Å²) in [4.78, 5) is 29.4. The van der Waals surface area contributed by atoms with Gasteiger partial charge in [0.2, 0.25) is 10.0 Å². The zero-order chi connectivity index (χ0) is 23.8. The highest BCUT2D eigenvalue weighted by Gasteiger charge is 2.39. The van der Waals surface area contributed by atoms with Crippen LogP contribution in [0.25, 0.3) is 10.2 Å². The maximum Gasteiger partial charge on any atom is 0.325 e. The van der Waals surface area contributed by atoms with Gasteiger partial charge >= 0.3 is 5.97 Å². The summed E-state index contributed by atoms with van der Waals surface area (Å²) in [6, 6.07) is 9.89. The molecule has 1 aromatic heterocycles. The van der Waals surface area contributed by atoms with E-state index in [0.29, 0.717) is 17.5 Å². The first-order valence-electron chi connectivity index (χ1n) is 10.2. The molecule has 1 amide bonds. The number of methoxy groups -OCH3 is 1. The van der Waals surface area contributed by atoms with Crippen molar-refractivity contribution in [1.82, 2.24) is 8.87 Å². The fourth-order valence-corrected chi connectivity index (χ4v) is 6.50. The number of sulfonamides is 1. The second kappa shape index (κ2) is 9.16. The van der Waals surface area contributed by atoms with Crippen LogP contribution >= 0.6 is 11.3 Å². The number of amides is 1. The molecule has 1 aliphatic rings. The number of ether oxygens (including phenoxy) is 1. The Kier molecular flexibility index (Phi) is 6.46. The monoisotopic (exact) mass is 491 g/mol. The molecular weight excluding hydrogens is 469 g/mol. The number of benzene rings is 2. The summed E-state index contributed by atoms with van der Waals surface area (Å²) in [7, 11) is -2.68. The number of nitrogens with zero attached hydrogens (tertiary/aromatic N) is 3. The van der Waals surface area contributed by atoms with Gasteiger partial charge in [-0.2, -0.15) is 9.30 Å². The number of hydrogen-bond donors (Lipinski definition) is 0. The molecule has 1 atom stereocenters. The van der Waals surface area contributed by atoms with Gasteiger partial charge in [-0.25, -0.2) is 12.8 Å². The van der Waals surface area contributed by atoms with E-state index < -0.39 is 33.8 Å². The molecule has 4 rings (SSSR count). The van der Waals surface area contributed by atoms with Crippen molar-refractivity contribution in [3.8, 4) is 0 Å². The van der Waals surface area contributed by atoms with Crippen LogP contribution < -0.4 is 4.80 Å². The normalized spacial score (nSPS) is 17.5. The largest absolute Gasteiger partial charge is 0.468 e. The van der Waals surface area contributed by atoms with Gasteiger partial charge in [0.1, 0.15) is 18.4 Å². The second-order valence-electron chi connectivity index (χ2n) is 7.67. The molecule has 11 heteroatoms. The van der Waals surface area contributed by atoms with E-state index in [4.69, 9.17) is 4.74 Å². The molecule has 1 fully saturated rings. The zero-order valence-corrected chi connectivity index (χ0v) is 19.7. The lowest BCUT2D eigenvalue weighted by Crippen LogP contribution is -2.40. The first-order valence-corrected chi connectivity index (χ1v) is 12.5. The molecule has 0 N–H and O–H groups in total. The van der Waals surface area contributed by atoms with Gasteiger partial charge in [0.25, 0.3) is 5.91 Å². The van der Waals surface area contributed by atoms with Crippen LogP contribution in [0.4, 0.5) is 4.39 Å². The molecule has 3 aromatic rings. The third-order valence-electron chi connectivity index (χ3n) is 5.49. The summed E-state index contributed by atoms with van der Waals surface area (Å²) in [5, 5.41) is 0. The van der Waals surface area contributed by atoms with Crippen LogP contribution in [0.2, 0.25) is 0 Å². The smallest absolute Gasteiger partial charge is 0.325 e. The molecule has 8 nitrogen and oxygen atoms in total. The molecule has 2 aromatic carbocycles. The van der Waals surface area contributed by atoms with Crippen LogP contribution in [-0.2, 0) is 30.9 Å². The molecule has 0 radical (unpaired) electrons. The minimum absolute atomic E-state index is 0.102. The van der Waals surface area contributed by atoms with E-state index in [1.165, 1.54) is 40.2 Å². The molecule has 174 valence electrons. The van der Waals surface area contributed by atoms with Crippen LogP contribution in [0.1, 0.15) is 18.4 Å². The van der Waals surface area contributed by atoms with Crippen LogP contribution in [-0.4, -0.2) is 48.9 Å². The molecule has 33 heavy (non-hydrogen) atoms. The third kappa shape index (κ3) is 4.48. The minimum Gasteiger partial charge on any atom is -0.468 e. The molecule has 0 saturated carbocycles. The van der Waals surface area contributed by atoms with Crippen LogP contribution in [0, 0.1) is 12.7 Å². The lowest BCUT2D eigenvalue weighted by atomic mass is 10.2. The Morgan fingerprint density at radius 3 is 2.64 bits per heavy atom. The summed E-state index contributed by atoms with van der Waals surface area (Å²) in [6.07, 6.45) is 0.837. The molecule has 1 aliphatic heterocycles. The molecule has 0 spiro atoms. The average Bonchev–Trinajstić information content (AvgIpc) is 3.41. The average molecular weight is 492 g/mol. The SMILES string of the molecule is COC(=O)Cn1c(=NC(=O)C2CCCN2S(=O)(=O)c2ccc(C)cc2)sc2cccc(F)c21. The number of aryl methyl sites for hydroxylation is 1. The van der Waals surface area contributed by atoms with Crippen molar-refractivity contribution in [2.24, 2.45) is 4.99 Å². The van der Waals surface area contributed by atoms with Gasteiger partial charge < -0.3 is 9.30 Å². The molecule has 0 bridgehead atoms. The number of thiazole rings is 1. The van der Waals surface area contributed by atoms with E-state index in [1.54, 1.807) is 18.2 Å². The molecule has 0 aliphatic carbocycles. The maximum atomic E-state index is 14.5. The zero-order valence-electron chi connectivity index (χ0n) is 18.0. The third-order valence-corrected chi connectivity index (χ3v) is 8.45. The van der Waals surface area contributed by atoms with Crippen molar-refractivity contribution in [1.29, 1.82) is 0 Å². The molecular formula is C22H22FN3O5S2. The molecule has 1 saturated heterocycles. The number of esters is 1. The van der Waals surface area contributed by atoms with Crippen molar-refractivity contribution < 1.29 is 27.1 Å². The Morgan fingerprint density at radius 2 is 1.94 bits per heavy atom. The number of hydrogen-bond acceptors (Lipinski definition) is 6. The molecule has 2 heterocycles. The first-order chi connectivity index (χ1) is 15.7. The number of carbonyl (C=O) groups excluding carboxylic acids is 2. The van der Waals surface area contributed by atoms with Crippen molar-refractivity contribution in [3.63, 3.8) is 0 Å². The Hall–Kier alpha value is -2.89. The number of para-hydroxylation sites is 1. The predicted molar refractivity (Wildman–Crippen MR) is 120 cm³/mol. The van der Waals surface area contributed by atoms with Gasteiger partial charge in [-0.1, -0.05) is 35.1 Å². The standard InChI is InChI=1S/C22H22FN3O5S2/c1-14-8-10-15(11-9-14)33(29,30)26-12-4-6-17(26)21(28)24-22-25(13-19(27)31-2)20-16(23)5-3-7-18(20)32-22/h3,5,7-11,17H,4,6,12-13H2,1-2H3. The van der Waals surface area contributed by atoms with Gasteiger partial charge in [-0.15, -0.1) is 0 Å². The van der Waals surface area contributed by atoms with E-state index in [2.05, 4.69) is 4.99 Å². The summed E-state index contributed by atoms with van der Waals surface area (Å²) in [5.41, 5.74) is 1.06. The number of fused-ring (bicyclic) bond motifs is 1. The van der Waals surface area contributed by atoms with E-state index in [1.807, 2.05) is 6.92 Å². The predicted octanol–water partition coefficient (Wildman–Crippen LogP) is 2.60. The van der Waals surface area contributed by atoms with Gasteiger partial charge in [-0.05, 0) is 44.0 Å². The summed E-state index contributed by atoms with van der Waals surface area (Å²) in [6.45, 7) is 1.72. The van der Waals surface area contributed by atoms with Gasteiger partial charge in [0.15, 0.2) is 4.80 Å². The van der Waals surface area contributed by atoms with Crippen LogP contribution in [0.5, 0.6) is 0 Å². The van der Waals surface area contributed by atoms with E-state index in [-0.39, 0.29) is 28.3 Å². The Balaban J connectivity index is 1.74. The summed E-state index contributed by atoms with van der Waals surface area (Å²) in [5.74, 6) is -1.85.